The smallest absolute Gasteiger partial charge is 0.191 e. The summed E-state index contributed by atoms with van der Waals surface area (Å²) in [5.41, 5.74) is 0. The molecule has 0 amide bonds. The van der Waals surface area contributed by atoms with Crippen molar-refractivity contribution < 1.29 is 8.42 Å². The molecule has 2 aliphatic rings. The van der Waals surface area contributed by atoms with Gasteiger partial charge in [-0.2, -0.15) is 0 Å². The van der Waals surface area contributed by atoms with Gasteiger partial charge in [-0.25, -0.2) is 8.42 Å². The van der Waals surface area contributed by atoms with Crippen LogP contribution in [-0.2, 0) is 9.84 Å². The van der Waals surface area contributed by atoms with Gasteiger partial charge >= 0.3 is 0 Å². The Morgan fingerprint density at radius 1 is 1.25 bits per heavy atom. The summed E-state index contributed by atoms with van der Waals surface area (Å²) in [5, 5.41) is 6.79. The van der Waals surface area contributed by atoms with Gasteiger partial charge < -0.3 is 10.6 Å². The highest BCUT2D eigenvalue weighted by molar-refractivity contribution is 14.0. The lowest BCUT2D eigenvalue weighted by atomic mass is 9.79. The second-order valence-corrected chi connectivity index (χ2v) is 9.47. The maximum atomic E-state index is 11.5. The van der Waals surface area contributed by atoms with Crippen molar-refractivity contribution in [2.45, 2.75) is 45.6 Å². The largest absolute Gasteiger partial charge is 0.354 e. The third kappa shape index (κ3) is 6.90. The first-order valence-corrected chi connectivity index (χ1v) is 10.6. The van der Waals surface area contributed by atoms with Gasteiger partial charge in [0.15, 0.2) is 15.8 Å². The fraction of sp³-hybridized carbons (Fsp3) is 0.824. The van der Waals surface area contributed by atoms with Crippen molar-refractivity contribution in [2.24, 2.45) is 22.7 Å². The number of halogens is 1. The van der Waals surface area contributed by atoms with Crippen LogP contribution < -0.4 is 10.6 Å². The number of guanidine groups is 1. The summed E-state index contributed by atoms with van der Waals surface area (Å²) < 4.78 is 23.1. The van der Waals surface area contributed by atoms with Crippen molar-refractivity contribution in [3.63, 3.8) is 0 Å². The average molecular weight is 469 g/mol. The molecule has 1 heterocycles. The van der Waals surface area contributed by atoms with Crippen LogP contribution in [0.4, 0.5) is 0 Å². The normalized spacial score (nSPS) is 32.7. The fourth-order valence-corrected chi connectivity index (χ4v) is 5.28. The highest BCUT2D eigenvalue weighted by atomic mass is 127. The molecule has 0 aromatic carbocycles. The molecule has 1 aliphatic carbocycles. The van der Waals surface area contributed by atoms with Crippen molar-refractivity contribution in [1.82, 2.24) is 10.6 Å². The van der Waals surface area contributed by atoms with E-state index >= 15 is 0 Å². The Hall–Kier alpha value is -0.310. The molecule has 5 nitrogen and oxygen atoms in total. The van der Waals surface area contributed by atoms with E-state index in [2.05, 4.69) is 36.1 Å². The van der Waals surface area contributed by atoms with Crippen LogP contribution in [-0.4, -0.2) is 45.0 Å². The van der Waals surface area contributed by atoms with Crippen LogP contribution in [0.1, 0.15) is 39.5 Å². The maximum absolute atomic E-state index is 11.5. The van der Waals surface area contributed by atoms with Crippen LogP contribution in [0.5, 0.6) is 0 Å². The summed E-state index contributed by atoms with van der Waals surface area (Å²) in [7, 11) is -2.83. The molecular formula is C17H32IN3O2S. The summed E-state index contributed by atoms with van der Waals surface area (Å²) in [4.78, 5) is 4.63. The molecule has 2 fully saturated rings. The number of rotatable bonds is 5. The quantitative estimate of drug-likeness (QED) is 0.281. The molecule has 4 atom stereocenters. The van der Waals surface area contributed by atoms with E-state index in [-0.39, 0.29) is 35.6 Å². The molecule has 1 saturated carbocycles. The van der Waals surface area contributed by atoms with E-state index in [4.69, 9.17) is 0 Å². The van der Waals surface area contributed by atoms with E-state index in [1.807, 2.05) is 6.08 Å². The minimum atomic E-state index is -2.83. The van der Waals surface area contributed by atoms with Gasteiger partial charge in [0.05, 0.1) is 11.5 Å². The van der Waals surface area contributed by atoms with Crippen molar-refractivity contribution in [2.75, 3.05) is 24.6 Å². The first-order chi connectivity index (χ1) is 10.9. The zero-order valence-electron chi connectivity index (χ0n) is 14.8. The predicted octanol–water partition coefficient (Wildman–Crippen LogP) is 2.59. The molecule has 1 aliphatic heterocycles. The highest BCUT2D eigenvalue weighted by Gasteiger charge is 2.28. The molecule has 0 radical (unpaired) electrons. The summed E-state index contributed by atoms with van der Waals surface area (Å²) in [6.07, 6.45) is 6.11. The van der Waals surface area contributed by atoms with Crippen LogP contribution in [0, 0.1) is 17.8 Å². The standard InChI is InChI=1S/C17H31N3O2S.HI/c1-4-8-18-17(19-11-15-7-9-23(21,22)12-15)20-16-6-5-13(2)14(3)10-16;/h4,13-16H,1,5-12H2,2-3H3,(H2,18,19,20);1H. The number of nitrogens with one attached hydrogen (secondary N) is 2. The van der Waals surface area contributed by atoms with E-state index in [1.54, 1.807) is 0 Å². The molecule has 24 heavy (non-hydrogen) atoms. The van der Waals surface area contributed by atoms with Crippen LogP contribution >= 0.6 is 24.0 Å². The zero-order chi connectivity index (χ0) is 16.9. The van der Waals surface area contributed by atoms with Crippen molar-refractivity contribution >= 4 is 39.8 Å². The monoisotopic (exact) mass is 469 g/mol. The maximum Gasteiger partial charge on any atom is 0.191 e. The molecule has 2 N–H and O–H groups in total. The second kappa shape index (κ2) is 9.99. The highest BCUT2D eigenvalue weighted by Crippen LogP contribution is 2.29. The number of sulfone groups is 1. The zero-order valence-corrected chi connectivity index (χ0v) is 18.0. The van der Waals surface area contributed by atoms with Crippen LogP contribution in [0.2, 0.25) is 0 Å². The number of hydrogen-bond donors (Lipinski definition) is 2. The van der Waals surface area contributed by atoms with E-state index in [0.717, 1.165) is 37.1 Å². The lowest BCUT2D eigenvalue weighted by Crippen LogP contribution is -2.46. The van der Waals surface area contributed by atoms with Crippen molar-refractivity contribution in [1.29, 1.82) is 0 Å². The van der Waals surface area contributed by atoms with E-state index < -0.39 is 9.84 Å². The van der Waals surface area contributed by atoms with E-state index in [1.165, 1.54) is 6.42 Å². The number of nitrogens with zero attached hydrogens (tertiary/aromatic N) is 1. The average Bonchev–Trinajstić information content (AvgIpc) is 2.85. The van der Waals surface area contributed by atoms with E-state index in [0.29, 0.717) is 24.9 Å². The van der Waals surface area contributed by atoms with Gasteiger partial charge in [-0.1, -0.05) is 19.9 Å². The molecule has 0 aromatic heterocycles. The predicted molar refractivity (Wildman–Crippen MR) is 112 cm³/mol. The van der Waals surface area contributed by atoms with Gasteiger partial charge in [-0.05, 0) is 43.4 Å². The Balaban J connectivity index is 0.00000288. The molecule has 4 unspecified atom stereocenters. The lowest BCUT2D eigenvalue weighted by molar-refractivity contribution is 0.239. The van der Waals surface area contributed by atoms with Gasteiger partial charge in [-0.15, -0.1) is 30.6 Å². The molecule has 0 bridgehead atoms. The molecule has 7 heteroatoms. The number of hydrogen-bond acceptors (Lipinski definition) is 3. The van der Waals surface area contributed by atoms with Crippen LogP contribution in [0.3, 0.4) is 0 Å². The lowest BCUT2D eigenvalue weighted by Gasteiger charge is -2.33. The molecule has 1 saturated heterocycles. The van der Waals surface area contributed by atoms with Gasteiger partial charge in [-0.3, -0.25) is 4.99 Å². The molecule has 0 spiro atoms. The molecule has 2 rings (SSSR count). The first kappa shape index (κ1) is 21.7. The SMILES string of the molecule is C=CCNC(=NCC1CCS(=O)(=O)C1)NC1CCC(C)C(C)C1.I. The summed E-state index contributed by atoms with van der Waals surface area (Å²) in [6.45, 7) is 9.61. The van der Waals surface area contributed by atoms with Crippen LogP contribution in [0.25, 0.3) is 0 Å². The van der Waals surface area contributed by atoms with Gasteiger partial charge in [0.1, 0.15) is 0 Å². The van der Waals surface area contributed by atoms with Crippen molar-refractivity contribution in [3.05, 3.63) is 12.7 Å². The fourth-order valence-electron chi connectivity index (χ4n) is 3.43. The minimum absolute atomic E-state index is 0. The molecule has 140 valence electrons. The Labute approximate surface area is 164 Å². The third-order valence-corrected chi connectivity index (χ3v) is 7.02. The minimum Gasteiger partial charge on any atom is -0.354 e. The summed E-state index contributed by atoms with van der Waals surface area (Å²) >= 11 is 0. The van der Waals surface area contributed by atoms with E-state index in [9.17, 15) is 8.42 Å². The Morgan fingerprint density at radius 2 is 2.00 bits per heavy atom. The Bertz CT molecular complexity index is 536. The van der Waals surface area contributed by atoms with Gasteiger partial charge in [0.2, 0.25) is 0 Å². The first-order valence-electron chi connectivity index (χ1n) is 8.76. The number of aliphatic imine (C=N–C) groups is 1. The summed E-state index contributed by atoms with van der Waals surface area (Å²) in [5.74, 6) is 3.06. The van der Waals surface area contributed by atoms with Gasteiger partial charge in [0.25, 0.3) is 0 Å². The summed E-state index contributed by atoms with van der Waals surface area (Å²) in [6, 6.07) is 0.449. The van der Waals surface area contributed by atoms with Crippen molar-refractivity contribution in [3.8, 4) is 0 Å². The Morgan fingerprint density at radius 3 is 2.58 bits per heavy atom. The topological polar surface area (TPSA) is 70.6 Å². The molecular weight excluding hydrogens is 437 g/mol. The Kier molecular flexibility index (Phi) is 9.05. The van der Waals surface area contributed by atoms with Crippen LogP contribution in [0.15, 0.2) is 17.6 Å². The van der Waals surface area contributed by atoms with Gasteiger partial charge in [0, 0.05) is 19.1 Å². The molecule has 0 aromatic rings. The third-order valence-electron chi connectivity index (χ3n) is 5.19. The second-order valence-electron chi connectivity index (χ2n) is 7.24.